The van der Waals surface area contributed by atoms with Crippen LogP contribution in [0.3, 0.4) is 0 Å². The number of aryl methyl sites for hydroxylation is 1. The molecule has 0 saturated heterocycles. The first-order valence-corrected chi connectivity index (χ1v) is 11.4. The average molecular weight is 459 g/mol. The molecule has 0 radical (unpaired) electrons. The van der Waals surface area contributed by atoms with Crippen LogP contribution in [0.1, 0.15) is 23.1 Å². The predicted molar refractivity (Wildman–Crippen MR) is 110 cm³/mol. The molecular formula is C21H24F3NO5S. The van der Waals surface area contributed by atoms with Gasteiger partial charge in [-0.3, -0.25) is 4.79 Å². The van der Waals surface area contributed by atoms with Gasteiger partial charge in [-0.05, 0) is 35.2 Å². The van der Waals surface area contributed by atoms with Gasteiger partial charge in [-0.15, -0.1) is 0 Å². The van der Waals surface area contributed by atoms with Crippen LogP contribution in [0.5, 0.6) is 11.5 Å². The Bertz CT molecular complexity index is 989. The molecule has 0 spiro atoms. The molecule has 2 rings (SSSR count). The van der Waals surface area contributed by atoms with E-state index < -0.39 is 22.6 Å². The molecule has 31 heavy (non-hydrogen) atoms. The third kappa shape index (κ3) is 9.29. The number of rotatable bonds is 10. The number of halogens is 3. The first kappa shape index (κ1) is 24.5. The fourth-order valence-corrected chi connectivity index (χ4v) is 3.55. The van der Waals surface area contributed by atoms with Crippen molar-refractivity contribution in [1.29, 1.82) is 0 Å². The largest absolute Gasteiger partial charge is 0.493 e. The molecule has 0 bridgehead atoms. The third-order valence-corrected chi connectivity index (χ3v) is 5.06. The van der Waals surface area contributed by atoms with Crippen molar-refractivity contribution in [3.8, 4) is 11.5 Å². The van der Waals surface area contributed by atoms with Gasteiger partial charge in [0.2, 0.25) is 5.91 Å². The van der Waals surface area contributed by atoms with Crippen LogP contribution in [0.15, 0.2) is 42.5 Å². The molecule has 1 N–H and O–H groups in total. The van der Waals surface area contributed by atoms with E-state index in [1.807, 2.05) is 0 Å². The van der Waals surface area contributed by atoms with Gasteiger partial charge in [0.1, 0.15) is 0 Å². The zero-order valence-electron chi connectivity index (χ0n) is 17.2. The van der Waals surface area contributed by atoms with Crippen molar-refractivity contribution in [2.24, 2.45) is 0 Å². The lowest BCUT2D eigenvalue weighted by atomic mass is 10.1. The summed E-state index contributed by atoms with van der Waals surface area (Å²) in [7, 11) is -1.78. The number of carbonyl (C=O) groups is 1. The zero-order valence-corrected chi connectivity index (χ0v) is 18.0. The van der Waals surface area contributed by atoms with Gasteiger partial charge in [0.15, 0.2) is 27.9 Å². The summed E-state index contributed by atoms with van der Waals surface area (Å²) in [6.45, 7) is -1.12. The summed E-state index contributed by atoms with van der Waals surface area (Å²) in [6, 6.07) is 11.4. The van der Waals surface area contributed by atoms with Crippen molar-refractivity contribution in [2.75, 3.05) is 20.0 Å². The van der Waals surface area contributed by atoms with Crippen molar-refractivity contribution in [3.63, 3.8) is 0 Å². The Morgan fingerprint density at radius 1 is 1.00 bits per heavy atom. The van der Waals surface area contributed by atoms with Gasteiger partial charge >= 0.3 is 6.18 Å². The molecule has 6 nitrogen and oxygen atoms in total. The fourth-order valence-electron chi connectivity index (χ4n) is 2.75. The number of hydrogen-bond donors (Lipinski definition) is 1. The van der Waals surface area contributed by atoms with Crippen molar-refractivity contribution in [1.82, 2.24) is 5.32 Å². The molecule has 1 amide bonds. The number of sulfone groups is 1. The van der Waals surface area contributed by atoms with Gasteiger partial charge in [0, 0.05) is 19.2 Å². The van der Waals surface area contributed by atoms with Crippen LogP contribution in [-0.2, 0) is 33.4 Å². The smallest absolute Gasteiger partial charge is 0.422 e. The Balaban J connectivity index is 1.84. The first-order chi connectivity index (χ1) is 14.4. The number of alkyl halides is 3. The Morgan fingerprint density at radius 3 is 2.19 bits per heavy atom. The zero-order chi connectivity index (χ0) is 23.1. The molecular weight excluding hydrogens is 435 g/mol. The van der Waals surface area contributed by atoms with E-state index in [0.717, 1.165) is 11.1 Å². The van der Waals surface area contributed by atoms with Crippen LogP contribution in [-0.4, -0.2) is 40.5 Å². The van der Waals surface area contributed by atoms with E-state index in [9.17, 15) is 26.4 Å². The number of carbonyl (C=O) groups excluding carboxylic acids is 1. The summed E-state index contributed by atoms with van der Waals surface area (Å²) in [5.41, 5.74) is 2.23. The Hall–Kier alpha value is -2.75. The minimum atomic E-state index is -4.45. The van der Waals surface area contributed by atoms with Gasteiger partial charge in [-0.25, -0.2) is 8.42 Å². The van der Waals surface area contributed by atoms with Crippen molar-refractivity contribution in [3.05, 3.63) is 59.2 Å². The van der Waals surface area contributed by atoms with Crippen LogP contribution < -0.4 is 14.8 Å². The summed E-state index contributed by atoms with van der Waals surface area (Å²) in [4.78, 5) is 12.1. The molecule has 2 aromatic rings. The summed E-state index contributed by atoms with van der Waals surface area (Å²) < 4.78 is 69.3. The van der Waals surface area contributed by atoms with E-state index in [2.05, 4.69) is 5.32 Å². The van der Waals surface area contributed by atoms with Crippen molar-refractivity contribution < 1.29 is 35.9 Å². The molecule has 0 unspecified atom stereocenters. The molecule has 0 aliphatic heterocycles. The van der Waals surface area contributed by atoms with Crippen LogP contribution in [0.25, 0.3) is 0 Å². The van der Waals surface area contributed by atoms with Crippen LogP contribution in [0, 0.1) is 0 Å². The number of amides is 1. The second-order valence-electron chi connectivity index (χ2n) is 7.05. The Labute approximate surface area is 179 Å². The first-order valence-electron chi connectivity index (χ1n) is 9.34. The lowest BCUT2D eigenvalue weighted by Gasteiger charge is -2.13. The van der Waals surface area contributed by atoms with Crippen LogP contribution in [0.4, 0.5) is 13.2 Å². The maximum atomic E-state index is 12.3. The van der Waals surface area contributed by atoms with Crippen LogP contribution >= 0.6 is 0 Å². The van der Waals surface area contributed by atoms with E-state index in [4.69, 9.17) is 9.47 Å². The van der Waals surface area contributed by atoms with Gasteiger partial charge in [0.05, 0.1) is 12.9 Å². The number of ether oxygens (including phenoxy) is 2. The maximum absolute atomic E-state index is 12.3. The van der Waals surface area contributed by atoms with Gasteiger partial charge in [-0.2, -0.15) is 13.2 Å². The number of hydrogen-bond acceptors (Lipinski definition) is 5. The Morgan fingerprint density at radius 2 is 1.61 bits per heavy atom. The molecule has 0 aliphatic rings. The van der Waals surface area contributed by atoms with Crippen LogP contribution in [0.2, 0.25) is 0 Å². The topological polar surface area (TPSA) is 81.7 Å². The molecule has 10 heteroatoms. The summed E-state index contributed by atoms with van der Waals surface area (Å²) >= 11 is 0. The van der Waals surface area contributed by atoms with Gasteiger partial charge < -0.3 is 14.8 Å². The molecule has 0 aromatic heterocycles. The summed E-state index contributed by atoms with van der Waals surface area (Å²) in [5.74, 6) is -0.0939. The standard InChI is InChI=1S/C21H24F3NO5S/c1-29-19-11-15(7-9-18(19)30-14-21(22,23)24)8-10-20(26)25-12-16-3-5-17(6-4-16)13-31(2,27)28/h3-7,9,11H,8,10,12-14H2,1-2H3,(H,25,26). The molecule has 0 saturated carbocycles. The van der Waals surface area contributed by atoms with Crippen molar-refractivity contribution in [2.45, 2.75) is 31.3 Å². The summed E-state index contributed by atoms with van der Waals surface area (Å²) in [5, 5.41) is 2.78. The molecule has 0 heterocycles. The second-order valence-corrected chi connectivity index (χ2v) is 9.19. The molecule has 0 fully saturated rings. The fraction of sp³-hybridized carbons (Fsp3) is 0.381. The minimum absolute atomic E-state index is 0.0210. The van der Waals surface area contributed by atoms with Gasteiger partial charge in [0.25, 0.3) is 0 Å². The lowest BCUT2D eigenvalue weighted by molar-refractivity contribution is -0.153. The van der Waals surface area contributed by atoms with E-state index >= 15 is 0 Å². The highest BCUT2D eigenvalue weighted by Crippen LogP contribution is 2.30. The number of nitrogens with one attached hydrogen (secondary N) is 1. The van der Waals surface area contributed by atoms with E-state index in [0.29, 0.717) is 18.5 Å². The Kier molecular flexibility index (Phi) is 8.32. The average Bonchev–Trinajstić information content (AvgIpc) is 2.68. The normalized spacial score (nSPS) is 11.8. The maximum Gasteiger partial charge on any atom is 0.422 e. The SMILES string of the molecule is COc1cc(CCC(=O)NCc2ccc(CS(C)(=O)=O)cc2)ccc1OCC(F)(F)F. The number of benzene rings is 2. The van der Waals surface area contributed by atoms with E-state index in [1.54, 1.807) is 36.4 Å². The highest BCUT2D eigenvalue weighted by molar-refractivity contribution is 7.89. The quantitative estimate of drug-likeness (QED) is 0.589. The number of methoxy groups -OCH3 is 1. The molecule has 0 atom stereocenters. The minimum Gasteiger partial charge on any atom is -0.493 e. The van der Waals surface area contributed by atoms with Crippen molar-refractivity contribution >= 4 is 15.7 Å². The van der Waals surface area contributed by atoms with E-state index in [-0.39, 0.29) is 29.6 Å². The highest BCUT2D eigenvalue weighted by atomic mass is 32.2. The molecule has 170 valence electrons. The predicted octanol–water partition coefficient (Wildman–Crippen LogP) is 3.43. The second kappa shape index (κ2) is 10.5. The highest BCUT2D eigenvalue weighted by Gasteiger charge is 2.29. The molecule has 2 aromatic carbocycles. The molecule has 0 aliphatic carbocycles. The van der Waals surface area contributed by atoms with E-state index in [1.165, 1.54) is 19.4 Å². The summed E-state index contributed by atoms with van der Waals surface area (Å²) in [6.07, 6.45) is -2.73. The lowest BCUT2D eigenvalue weighted by Crippen LogP contribution is -2.23. The third-order valence-electron chi connectivity index (χ3n) is 4.20. The monoisotopic (exact) mass is 459 g/mol. The van der Waals surface area contributed by atoms with Gasteiger partial charge in [-0.1, -0.05) is 30.3 Å².